The van der Waals surface area contributed by atoms with Crippen molar-refractivity contribution in [2.75, 3.05) is 20.0 Å². The summed E-state index contributed by atoms with van der Waals surface area (Å²) in [6.07, 6.45) is 5.81. The minimum absolute atomic E-state index is 0.0521. The first-order valence-corrected chi connectivity index (χ1v) is 19.7. The number of hydrogen-bond donors (Lipinski definition) is 3. The Morgan fingerprint density at radius 2 is 1.78 bits per heavy atom. The lowest BCUT2D eigenvalue weighted by atomic mass is 9.91. The van der Waals surface area contributed by atoms with Gasteiger partial charge in [0.1, 0.15) is 18.0 Å². The van der Waals surface area contributed by atoms with Crippen LogP contribution in [0.25, 0.3) is 22.2 Å². The average molecular weight is 637 g/mol. The number of pyridine rings is 1. The Bertz CT molecular complexity index is 1570. The Kier molecular flexibility index (Phi) is 8.96. The number of carbonyl (C=O) groups excluding carboxylic acids is 1. The largest absolute Gasteiger partial charge is 0.493 e. The van der Waals surface area contributed by atoms with Crippen molar-refractivity contribution < 1.29 is 33.6 Å². The van der Waals surface area contributed by atoms with Crippen LogP contribution in [-0.4, -0.2) is 66.8 Å². The van der Waals surface area contributed by atoms with E-state index in [1.54, 1.807) is 6.20 Å². The van der Waals surface area contributed by atoms with Gasteiger partial charge in [0.15, 0.2) is 11.5 Å². The minimum Gasteiger partial charge on any atom is -0.493 e. The number of nitrogens with one attached hydrogen (secondary N) is 2. The highest BCUT2D eigenvalue weighted by molar-refractivity contribution is 6.76. The molecule has 45 heavy (non-hydrogen) atoms. The molecule has 11 nitrogen and oxygen atoms in total. The highest BCUT2D eigenvalue weighted by atomic mass is 28.3. The van der Waals surface area contributed by atoms with E-state index in [-0.39, 0.29) is 31.5 Å². The molecule has 0 spiro atoms. The molecule has 3 aromatic rings. The second-order valence-corrected chi connectivity index (χ2v) is 19.3. The number of carbonyl (C=O) groups is 2. The maximum atomic E-state index is 14.0. The van der Waals surface area contributed by atoms with E-state index in [1.165, 1.54) is 12.8 Å². The summed E-state index contributed by atoms with van der Waals surface area (Å²) in [5, 5.41) is 14.9. The van der Waals surface area contributed by atoms with E-state index in [0.29, 0.717) is 73.1 Å². The second kappa shape index (κ2) is 12.9. The smallest absolute Gasteiger partial charge is 0.404 e. The van der Waals surface area contributed by atoms with Crippen LogP contribution in [0.3, 0.4) is 0 Å². The number of carboxylic acid groups (broad SMARTS) is 1. The van der Waals surface area contributed by atoms with Gasteiger partial charge in [0, 0.05) is 44.2 Å². The van der Waals surface area contributed by atoms with E-state index >= 15 is 0 Å². The molecule has 6 rings (SSSR count). The fraction of sp³-hybridized carbons (Fsp3) is 0.545. The lowest BCUT2D eigenvalue weighted by Gasteiger charge is -2.28. The molecule has 242 valence electrons. The van der Waals surface area contributed by atoms with Gasteiger partial charge in [0.2, 0.25) is 6.79 Å². The maximum absolute atomic E-state index is 14.0. The Balaban J connectivity index is 1.38. The van der Waals surface area contributed by atoms with Gasteiger partial charge in [-0.2, -0.15) is 0 Å². The molecule has 3 heterocycles. The summed E-state index contributed by atoms with van der Waals surface area (Å²) in [6, 6.07) is 6.65. The number of hydrogen-bond acceptors (Lipinski definition) is 7. The Hall–Kier alpha value is -3.77. The van der Waals surface area contributed by atoms with Crippen LogP contribution in [0.15, 0.2) is 24.4 Å². The van der Waals surface area contributed by atoms with Crippen LogP contribution in [0.2, 0.25) is 25.7 Å². The van der Waals surface area contributed by atoms with Gasteiger partial charge in [-0.3, -0.25) is 9.78 Å². The number of nitrogens with zero attached hydrogens (tertiary/aromatic N) is 2. The zero-order chi connectivity index (χ0) is 31.7. The topological polar surface area (TPSA) is 133 Å². The van der Waals surface area contributed by atoms with Crippen molar-refractivity contribution in [3.8, 4) is 28.4 Å². The van der Waals surface area contributed by atoms with Gasteiger partial charge in [-0.1, -0.05) is 19.6 Å². The average Bonchev–Trinajstić information content (AvgIpc) is 3.61. The Morgan fingerprint density at radius 3 is 2.47 bits per heavy atom. The first-order chi connectivity index (χ1) is 21.6. The molecular weight excluding hydrogens is 592 g/mol. The van der Waals surface area contributed by atoms with Gasteiger partial charge < -0.3 is 39.3 Å². The summed E-state index contributed by atoms with van der Waals surface area (Å²) in [5.41, 5.74) is 4.27. The summed E-state index contributed by atoms with van der Waals surface area (Å²) >= 11 is 0. The molecule has 0 unspecified atom stereocenters. The molecule has 3 N–H and O–H groups in total. The molecule has 2 aliphatic carbocycles. The van der Waals surface area contributed by atoms with Crippen molar-refractivity contribution in [1.29, 1.82) is 0 Å². The summed E-state index contributed by atoms with van der Waals surface area (Å²) < 4.78 is 26.5. The number of benzene rings is 1. The normalized spacial score (nSPS) is 19.5. The summed E-state index contributed by atoms with van der Waals surface area (Å²) in [6.45, 7) is 10.6. The third-order valence-electron chi connectivity index (χ3n) is 8.97. The van der Waals surface area contributed by atoms with Crippen molar-refractivity contribution in [1.82, 2.24) is 20.2 Å². The first-order valence-electron chi connectivity index (χ1n) is 16.0. The SMILES string of the molecule is Cc1c(C(=O)NC2CCC(NC(=O)O)CC2)c2nccc(-c3c(OCC4CC4)ccc4c3OCO4)c2n1COCC[Si](C)(C)C. The molecular formula is C33H44N4O7Si. The lowest BCUT2D eigenvalue weighted by molar-refractivity contribution is 0.0877. The molecule has 2 fully saturated rings. The number of fused-ring (bicyclic) bond motifs is 2. The summed E-state index contributed by atoms with van der Waals surface area (Å²) in [5.74, 6) is 2.36. The standard InChI is InChI=1S/C33H44N4O7Si/c1-20-27(32(38)35-22-7-9-23(10-8-22)36-33(39)40)29-30(37(20)18-41-15-16-45(2,3)4)24(13-14-34-29)28-25(42-17-21-5-6-21)11-12-26-31(28)44-19-43-26/h11-14,21-23,36H,5-10,15-19H2,1-4H3,(H,35,38)(H,39,40). The van der Waals surface area contributed by atoms with Crippen LogP contribution in [0.1, 0.15) is 54.6 Å². The van der Waals surface area contributed by atoms with Crippen molar-refractivity contribution in [2.45, 2.75) is 89.9 Å². The molecule has 3 aliphatic rings. The molecule has 1 aliphatic heterocycles. The molecule has 2 amide bonds. The van der Waals surface area contributed by atoms with E-state index in [1.807, 2.05) is 29.7 Å². The molecule has 2 saturated carbocycles. The van der Waals surface area contributed by atoms with Gasteiger partial charge in [0.05, 0.1) is 23.3 Å². The highest BCUT2D eigenvalue weighted by Crippen LogP contribution is 2.49. The molecule has 0 bridgehead atoms. The van der Waals surface area contributed by atoms with E-state index in [4.69, 9.17) is 29.0 Å². The predicted octanol–water partition coefficient (Wildman–Crippen LogP) is 6.15. The minimum atomic E-state index is -1.31. The quantitative estimate of drug-likeness (QED) is 0.159. The second-order valence-electron chi connectivity index (χ2n) is 13.7. The molecule has 0 radical (unpaired) electrons. The zero-order valence-corrected chi connectivity index (χ0v) is 27.6. The monoisotopic (exact) mass is 636 g/mol. The van der Waals surface area contributed by atoms with Gasteiger partial charge >= 0.3 is 6.09 Å². The third kappa shape index (κ3) is 7.06. The zero-order valence-electron chi connectivity index (χ0n) is 26.6. The Morgan fingerprint density at radius 1 is 1.04 bits per heavy atom. The fourth-order valence-corrected chi connectivity index (χ4v) is 6.95. The van der Waals surface area contributed by atoms with E-state index < -0.39 is 14.2 Å². The molecule has 12 heteroatoms. The highest BCUT2D eigenvalue weighted by Gasteiger charge is 2.31. The van der Waals surface area contributed by atoms with E-state index in [0.717, 1.165) is 28.4 Å². The fourth-order valence-electron chi connectivity index (χ4n) is 6.19. The van der Waals surface area contributed by atoms with Crippen LogP contribution in [0, 0.1) is 12.8 Å². The molecule has 1 aromatic carbocycles. The maximum Gasteiger partial charge on any atom is 0.404 e. The molecule has 0 saturated heterocycles. The van der Waals surface area contributed by atoms with Crippen molar-refractivity contribution in [2.24, 2.45) is 5.92 Å². The third-order valence-corrected chi connectivity index (χ3v) is 10.7. The van der Waals surface area contributed by atoms with Crippen molar-refractivity contribution >= 4 is 31.1 Å². The number of aromatic nitrogens is 2. The Labute approximate surface area is 264 Å². The van der Waals surface area contributed by atoms with Crippen LogP contribution in [-0.2, 0) is 11.5 Å². The number of ether oxygens (including phenoxy) is 4. The van der Waals surface area contributed by atoms with E-state index in [2.05, 4.69) is 30.3 Å². The predicted molar refractivity (Wildman–Crippen MR) is 173 cm³/mol. The van der Waals surface area contributed by atoms with Gasteiger partial charge in [-0.25, -0.2) is 4.79 Å². The lowest BCUT2D eigenvalue weighted by Crippen LogP contribution is -2.43. The van der Waals surface area contributed by atoms with Crippen molar-refractivity contribution in [3.05, 3.63) is 35.7 Å². The van der Waals surface area contributed by atoms with Crippen LogP contribution in [0.4, 0.5) is 4.79 Å². The van der Waals surface area contributed by atoms with E-state index in [9.17, 15) is 9.59 Å². The number of rotatable bonds is 12. The van der Waals surface area contributed by atoms with Crippen LogP contribution in [0.5, 0.6) is 17.2 Å². The van der Waals surface area contributed by atoms with Gasteiger partial charge in [0.25, 0.3) is 5.91 Å². The van der Waals surface area contributed by atoms with Crippen LogP contribution >= 0.6 is 0 Å². The summed E-state index contributed by atoms with van der Waals surface area (Å²) in [7, 11) is -1.31. The summed E-state index contributed by atoms with van der Waals surface area (Å²) in [4.78, 5) is 29.8. The molecule has 0 atom stereocenters. The van der Waals surface area contributed by atoms with Crippen molar-refractivity contribution in [3.63, 3.8) is 0 Å². The first kappa shape index (κ1) is 31.2. The van der Waals surface area contributed by atoms with Crippen LogP contribution < -0.4 is 24.8 Å². The van der Waals surface area contributed by atoms with Gasteiger partial charge in [-0.05, 0) is 75.6 Å². The molecule has 2 aromatic heterocycles. The number of amides is 2. The van der Waals surface area contributed by atoms with Gasteiger partial charge in [-0.15, -0.1) is 0 Å².